The van der Waals surface area contributed by atoms with Crippen LogP contribution in [0.15, 0.2) is 59.7 Å². The zero-order valence-corrected chi connectivity index (χ0v) is 38.2. The van der Waals surface area contributed by atoms with E-state index in [0.717, 1.165) is 63.5 Å². The lowest BCUT2D eigenvalue weighted by Gasteiger charge is -2.24. The SMILES string of the molecule is CCCCCCCCCCCCN1C(=O)C2=C(c3ccc(-c4cc(F)c(F)c(F)c4)s3)N(CCCCCCCCCCCC)C(=O)C2=C1c1ccc(-c2cc(F)c(C)c(F)c2)s1. The number of hydrogen-bond donors (Lipinski definition) is 0. The molecule has 0 saturated carbocycles. The number of benzene rings is 2. The fourth-order valence-electron chi connectivity index (χ4n) is 8.58. The third kappa shape index (κ3) is 11.3. The van der Waals surface area contributed by atoms with E-state index >= 15 is 0 Å². The number of halogens is 5. The minimum atomic E-state index is -1.55. The van der Waals surface area contributed by atoms with Crippen LogP contribution in [0, 0.1) is 36.0 Å². The van der Waals surface area contributed by atoms with Crippen molar-refractivity contribution >= 4 is 45.9 Å². The van der Waals surface area contributed by atoms with E-state index in [4.69, 9.17) is 0 Å². The van der Waals surface area contributed by atoms with Gasteiger partial charge in [0.2, 0.25) is 0 Å². The Labute approximate surface area is 372 Å². The second-order valence-electron chi connectivity index (χ2n) is 16.9. The van der Waals surface area contributed by atoms with Gasteiger partial charge in [-0.3, -0.25) is 9.59 Å². The largest absolute Gasteiger partial charge is 0.306 e. The summed E-state index contributed by atoms with van der Waals surface area (Å²) in [5, 5.41) is 0. The monoisotopic (exact) mass is 892 g/mol. The molecule has 0 atom stereocenters. The first-order valence-corrected chi connectivity index (χ1v) is 24.6. The smallest absolute Gasteiger partial charge is 0.261 e. The number of fused-ring (bicyclic) bond motifs is 1. The molecule has 0 radical (unpaired) electrons. The molecule has 11 heteroatoms. The highest BCUT2D eigenvalue weighted by atomic mass is 32.1. The molecule has 4 heterocycles. The van der Waals surface area contributed by atoms with Crippen molar-refractivity contribution in [1.29, 1.82) is 0 Å². The van der Waals surface area contributed by atoms with Crippen LogP contribution in [-0.4, -0.2) is 34.7 Å². The lowest BCUT2D eigenvalue weighted by Crippen LogP contribution is -2.30. The highest BCUT2D eigenvalue weighted by Crippen LogP contribution is 2.50. The van der Waals surface area contributed by atoms with Gasteiger partial charge in [-0.25, -0.2) is 22.0 Å². The number of carbonyl (C=O) groups excluding carboxylic acids is 2. The lowest BCUT2D eigenvalue weighted by atomic mass is 10.1. The second-order valence-corrected chi connectivity index (χ2v) is 19.0. The Balaban J connectivity index is 1.32. The third-order valence-corrected chi connectivity index (χ3v) is 14.4. The van der Waals surface area contributed by atoms with Crippen LogP contribution < -0.4 is 0 Å². The van der Waals surface area contributed by atoms with Gasteiger partial charge in [0.05, 0.1) is 32.3 Å². The van der Waals surface area contributed by atoms with Crippen molar-refractivity contribution in [2.24, 2.45) is 0 Å². The number of nitrogens with zero attached hydrogens (tertiary/aromatic N) is 2. The number of hydrogen-bond acceptors (Lipinski definition) is 4. The van der Waals surface area contributed by atoms with Gasteiger partial charge in [0.15, 0.2) is 17.5 Å². The molecular weight excluding hydrogens is 832 g/mol. The molecule has 0 aliphatic carbocycles. The van der Waals surface area contributed by atoms with E-state index in [1.807, 2.05) is 6.07 Å². The van der Waals surface area contributed by atoms with Gasteiger partial charge >= 0.3 is 0 Å². The quantitative estimate of drug-likeness (QED) is 0.0358. The summed E-state index contributed by atoms with van der Waals surface area (Å²) in [5.41, 5.74) is 2.01. The van der Waals surface area contributed by atoms with Gasteiger partial charge in [0, 0.05) is 28.4 Å². The average molecular weight is 893 g/mol. The molecule has 2 aromatic heterocycles. The van der Waals surface area contributed by atoms with E-state index in [1.54, 1.807) is 28.0 Å². The Morgan fingerprint density at radius 1 is 0.435 bits per heavy atom. The summed E-state index contributed by atoms with van der Waals surface area (Å²) in [6, 6.07) is 11.5. The molecule has 2 aliphatic heterocycles. The summed E-state index contributed by atoms with van der Waals surface area (Å²) in [7, 11) is 0. The van der Waals surface area contributed by atoms with Crippen LogP contribution in [0.25, 0.3) is 32.3 Å². The number of amides is 2. The predicted molar refractivity (Wildman–Crippen MR) is 245 cm³/mol. The molecule has 2 aliphatic rings. The standard InChI is InChI=1S/C51H61F5N2O2S2/c1-4-6-8-10-12-14-16-18-20-22-28-57-48(43-26-24-41(61-43)35-30-37(52)34(3)38(53)31-35)45-46(51(57)60)49(44-27-25-42(62-44)36-32-39(54)47(56)40(55)33-36)58(50(45)59)29-23-21-19-17-15-13-11-9-7-5-2/h24-27,30-33H,4-23,28-29H2,1-3H3. The minimum absolute atomic E-state index is 0.0627. The fraction of sp³-hybridized carbons (Fsp3) is 0.490. The number of rotatable bonds is 26. The van der Waals surface area contributed by atoms with Crippen molar-refractivity contribution in [3.05, 3.63) is 104 Å². The normalized spacial score (nSPS) is 14.1. The maximum Gasteiger partial charge on any atom is 0.261 e. The lowest BCUT2D eigenvalue weighted by molar-refractivity contribution is -0.124. The van der Waals surface area contributed by atoms with E-state index in [2.05, 4.69) is 13.8 Å². The molecule has 0 fully saturated rings. The van der Waals surface area contributed by atoms with Gasteiger partial charge in [0.1, 0.15) is 11.6 Å². The number of carbonyl (C=O) groups is 2. The number of unbranched alkanes of at least 4 members (excludes halogenated alkanes) is 18. The molecule has 0 unspecified atom stereocenters. The molecule has 334 valence electrons. The maximum atomic E-state index is 14.9. The van der Waals surface area contributed by atoms with Crippen molar-refractivity contribution in [2.75, 3.05) is 13.1 Å². The molecule has 2 amide bonds. The molecule has 4 aromatic rings. The van der Waals surface area contributed by atoms with Gasteiger partial charge in [-0.1, -0.05) is 129 Å². The first kappa shape index (κ1) is 47.4. The Bertz CT molecular complexity index is 2040. The first-order valence-electron chi connectivity index (χ1n) is 23.0. The second kappa shape index (κ2) is 23.0. The highest BCUT2D eigenvalue weighted by Gasteiger charge is 2.49. The molecule has 6 rings (SSSR count). The zero-order valence-electron chi connectivity index (χ0n) is 36.6. The van der Waals surface area contributed by atoms with Crippen LogP contribution in [-0.2, 0) is 9.59 Å². The van der Waals surface area contributed by atoms with E-state index in [1.165, 1.54) is 119 Å². The van der Waals surface area contributed by atoms with Gasteiger partial charge in [-0.2, -0.15) is 0 Å². The van der Waals surface area contributed by atoms with Gasteiger partial charge in [0.25, 0.3) is 11.8 Å². The molecular formula is C51H61F5N2O2S2. The summed E-state index contributed by atoms with van der Waals surface area (Å²) in [6.45, 7) is 6.58. The van der Waals surface area contributed by atoms with Crippen LogP contribution in [0.5, 0.6) is 0 Å². The van der Waals surface area contributed by atoms with Crippen molar-refractivity contribution in [3.63, 3.8) is 0 Å². The summed E-state index contributed by atoms with van der Waals surface area (Å²) < 4.78 is 72.2. The molecule has 0 bridgehead atoms. The average Bonchev–Trinajstić information content (AvgIpc) is 4.05. The fourth-order valence-corrected chi connectivity index (χ4v) is 10.7. The van der Waals surface area contributed by atoms with Gasteiger partial charge < -0.3 is 9.80 Å². The molecule has 0 saturated heterocycles. The number of thiophene rings is 2. The zero-order chi connectivity index (χ0) is 44.2. The van der Waals surface area contributed by atoms with Gasteiger partial charge in [-0.15, -0.1) is 22.7 Å². The van der Waals surface area contributed by atoms with Crippen LogP contribution >= 0.6 is 22.7 Å². The molecule has 62 heavy (non-hydrogen) atoms. The Morgan fingerprint density at radius 3 is 1.10 bits per heavy atom. The van der Waals surface area contributed by atoms with Crippen LogP contribution in [0.3, 0.4) is 0 Å². The Kier molecular flexibility index (Phi) is 17.6. The van der Waals surface area contributed by atoms with E-state index in [-0.39, 0.29) is 28.5 Å². The van der Waals surface area contributed by atoms with Crippen molar-refractivity contribution in [3.8, 4) is 20.9 Å². The third-order valence-electron chi connectivity index (χ3n) is 12.2. The van der Waals surface area contributed by atoms with Gasteiger partial charge in [-0.05, 0) is 79.4 Å². The van der Waals surface area contributed by atoms with Crippen LogP contribution in [0.1, 0.15) is 158 Å². The van der Waals surface area contributed by atoms with Crippen LogP contribution in [0.4, 0.5) is 22.0 Å². The summed E-state index contributed by atoms with van der Waals surface area (Å²) in [5.74, 6) is -6.04. The van der Waals surface area contributed by atoms with Crippen molar-refractivity contribution in [1.82, 2.24) is 9.80 Å². The summed E-state index contributed by atoms with van der Waals surface area (Å²) in [4.78, 5) is 35.5. The molecule has 4 nitrogen and oxygen atoms in total. The summed E-state index contributed by atoms with van der Waals surface area (Å²) in [6.07, 6.45) is 22.4. The van der Waals surface area contributed by atoms with E-state index < -0.39 is 29.1 Å². The first-order chi connectivity index (χ1) is 30.0. The van der Waals surface area contributed by atoms with Crippen molar-refractivity contribution in [2.45, 2.75) is 149 Å². The topological polar surface area (TPSA) is 40.6 Å². The minimum Gasteiger partial charge on any atom is -0.306 e. The van der Waals surface area contributed by atoms with Crippen LogP contribution in [0.2, 0.25) is 0 Å². The molecule has 0 N–H and O–H groups in total. The maximum absolute atomic E-state index is 14.9. The Hall–Kier alpha value is -4.09. The Morgan fingerprint density at radius 2 is 0.742 bits per heavy atom. The van der Waals surface area contributed by atoms with E-state index in [0.29, 0.717) is 55.1 Å². The van der Waals surface area contributed by atoms with E-state index in [9.17, 15) is 31.5 Å². The molecule has 2 aromatic carbocycles. The molecule has 0 spiro atoms. The highest BCUT2D eigenvalue weighted by molar-refractivity contribution is 7.17. The van der Waals surface area contributed by atoms with Crippen molar-refractivity contribution < 1.29 is 31.5 Å². The summed E-state index contributed by atoms with van der Waals surface area (Å²) >= 11 is 2.47. The predicted octanol–water partition coefficient (Wildman–Crippen LogP) is 15.8.